The summed E-state index contributed by atoms with van der Waals surface area (Å²) in [6, 6.07) is 2.98. The predicted molar refractivity (Wildman–Crippen MR) is 87.3 cm³/mol. The minimum Gasteiger partial charge on any atom is -0.405 e. The lowest BCUT2D eigenvalue weighted by Crippen LogP contribution is -2.18. The van der Waals surface area contributed by atoms with Gasteiger partial charge in [-0.25, -0.2) is 13.4 Å². The van der Waals surface area contributed by atoms with Crippen LogP contribution in [0.15, 0.2) is 28.8 Å². The molecule has 0 aliphatic carbocycles. The monoisotopic (exact) mass is 389 g/mol. The number of halogens is 3. The number of aromatic nitrogens is 3. The van der Waals surface area contributed by atoms with Crippen molar-refractivity contribution in [3.8, 4) is 17.0 Å². The van der Waals surface area contributed by atoms with E-state index < -0.39 is 21.9 Å². The average molecular weight is 389 g/mol. The van der Waals surface area contributed by atoms with Gasteiger partial charge in [-0.3, -0.25) is 0 Å². The van der Waals surface area contributed by atoms with Crippen LogP contribution in [0.4, 0.5) is 19.1 Å². The predicted octanol–water partition coefficient (Wildman–Crippen LogP) is 1.74. The van der Waals surface area contributed by atoms with E-state index in [4.69, 9.17) is 11.5 Å². The van der Waals surface area contributed by atoms with Crippen LogP contribution in [0.2, 0.25) is 0 Å². The van der Waals surface area contributed by atoms with Gasteiger partial charge in [-0.2, -0.15) is 0 Å². The molecule has 1 heterocycles. The Morgan fingerprint density at radius 2 is 1.92 bits per heavy atom. The van der Waals surface area contributed by atoms with Gasteiger partial charge in [0.1, 0.15) is 11.4 Å². The lowest BCUT2D eigenvalue weighted by molar-refractivity contribution is -0.274. The number of nitrogen functional groups attached to an aromatic ring is 1. The van der Waals surface area contributed by atoms with Gasteiger partial charge in [0, 0.05) is 17.5 Å². The van der Waals surface area contributed by atoms with Gasteiger partial charge >= 0.3 is 6.36 Å². The Morgan fingerprint density at radius 1 is 1.27 bits per heavy atom. The summed E-state index contributed by atoms with van der Waals surface area (Å²) in [5, 5.41) is 7.27. The minimum absolute atomic E-state index is 0.0524. The number of sulfone groups is 1. The zero-order valence-electron chi connectivity index (χ0n) is 13.6. The van der Waals surface area contributed by atoms with Gasteiger partial charge in [-0.05, 0) is 31.2 Å². The Hall–Kier alpha value is -2.89. The summed E-state index contributed by atoms with van der Waals surface area (Å²) in [4.78, 5) is 3.53. The van der Waals surface area contributed by atoms with E-state index in [1.165, 1.54) is 13.0 Å². The topological polar surface area (TPSA) is 134 Å². The van der Waals surface area contributed by atoms with Crippen LogP contribution >= 0.6 is 0 Å². The number of rotatable bonds is 4. The van der Waals surface area contributed by atoms with E-state index in [9.17, 15) is 21.6 Å². The van der Waals surface area contributed by atoms with Crippen LogP contribution in [-0.4, -0.2) is 36.2 Å². The molecule has 0 amide bonds. The number of allylic oxidation sites excluding steroid dienone is 1. The third kappa shape index (κ3) is 4.81. The van der Waals surface area contributed by atoms with Crippen LogP contribution in [-0.2, 0) is 9.84 Å². The fraction of sp³-hybridized carbons (Fsp3) is 0.214. The molecule has 1 aromatic carbocycles. The first-order valence-electron chi connectivity index (χ1n) is 6.91. The van der Waals surface area contributed by atoms with Crippen LogP contribution in [0.1, 0.15) is 12.6 Å². The highest BCUT2D eigenvalue weighted by Gasteiger charge is 2.33. The van der Waals surface area contributed by atoms with E-state index >= 15 is 0 Å². The van der Waals surface area contributed by atoms with Crippen molar-refractivity contribution in [1.82, 2.24) is 15.2 Å². The molecule has 0 atom stereocenters. The van der Waals surface area contributed by atoms with E-state index in [2.05, 4.69) is 19.9 Å². The first-order valence-corrected chi connectivity index (χ1v) is 8.80. The van der Waals surface area contributed by atoms with Crippen molar-refractivity contribution in [2.75, 3.05) is 12.0 Å². The Morgan fingerprint density at radius 3 is 2.46 bits per heavy atom. The standard InChI is InChI=1S/C14H14F3N5O3S/c1-7(18)5-10-12(21-22-13(19)20-10)9-4-3-8(26(2,23)24)6-11(9)25-14(15,16)17/h3-6H,18H2,1-2H3,(H2,19,20,22). The second-order valence-electron chi connectivity index (χ2n) is 5.27. The van der Waals surface area contributed by atoms with E-state index in [0.29, 0.717) is 0 Å². The summed E-state index contributed by atoms with van der Waals surface area (Å²) in [5.74, 6) is -0.988. The number of benzene rings is 1. The van der Waals surface area contributed by atoms with Gasteiger partial charge in [-0.1, -0.05) is 0 Å². The van der Waals surface area contributed by atoms with Gasteiger partial charge in [-0.15, -0.1) is 23.4 Å². The fourth-order valence-electron chi connectivity index (χ4n) is 2.00. The Balaban J connectivity index is 2.75. The smallest absolute Gasteiger partial charge is 0.405 e. The summed E-state index contributed by atoms with van der Waals surface area (Å²) in [7, 11) is -3.77. The average Bonchev–Trinajstić information content (AvgIpc) is 2.44. The molecule has 2 rings (SSSR count). The molecule has 0 aliphatic rings. The SMILES string of the molecule is CC(N)=Cc1nc(N)nnc1-c1ccc(S(C)(=O)=O)cc1OC(F)(F)F. The second kappa shape index (κ2) is 6.78. The van der Waals surface area contributed by atoms with E-state index in [1.807, 2.05) is 0 Å². The van der Waals surface area contributed by atoms with Gasteiger partial charge in [0.25, 0.3) is 0 Å². The summed E-state index contributed by atoms with van der Waals surface area (Å²) in [5.41, 5.74) is 11.1. The third-order valence-electron chi connectivity index (χ3n) is 2.96. The summed E-state index contributed by atoms with van der Waals surface area (Å²) < 4.78 is 65.5. The molecule has 8 nitrogen and oxygen atoms in total. The highest BCUT2D eigenvalue weighted by molar-refractivity contribution is 7.90. The quantitative estimate of drug-likeness (QED) is 0.808. The number of hydrogen-bond acceptors (Lipinski definition) is 8. The normalized spacial score (nSPS) is 12.9. The largest absolute Gasteiger partial charge is 0.573 e. The molecular weight excluding hydrogens is 375 g/mol. The molecule has 2 aromatic rings. The molecule has 4 N–H and O–H groups in total. The maximum Gasteiger partial charge on any atom is 0.573 e. The number of anilines is 1. The van der Waals surface area contributed by atoms with Gasteiger partial charge < -0.3 is 16.2 Å². The molecule has 0 fully saturated rings. The molecule has 12 heteroatoms. The maximum atomic E-state index is 12.8. The number of hydrogen-bond donors (Lipinski definition) is 2. The Bertz CT molecular complexity index is 970. The van der Waals surface area contributed by atoms with Crippen molar-refractivity contribution in [2.45, 2.75) is 18.2 Å². The molecule has 26 heavy (non-hydrogen) atoms. The molecule has 0 radical (unpaired) electrons. The number of nitrogens with zero attached hydrogens (tertiary/aromatic N) is 3. The zero-order chi connectivity index (χ0) is 19.7. The van der Waals surface area contributed by atoms with Crippen LogP contribution in [0.3, 0.4) is 0 Å². The zero-order valence-corrected chi connectivity index (χ0v) is 14.4. The van der Waals surface area contributed by atoms with Crippen molar-refractivity contribution >= 4 is 21.9 Å². The highest BCUT2D eigenvalue weighted by atomic mass is 32.2. The number of alkyl halides is 3. The van der Waals surface area contributed by atoms with Crippen molar-refractivity contribution in [1.29, 1.82) is 0 Å². The van der Waals surface area contributed by atoms with Gasteiger partial charge in [0.2, 0.25) is 5.95 Å². The minimum atomic E-state index is -5.06. The van der Waals surface area contributed by atoms with Gasteiger partial charge in [0.05, 0.1) is 10.6 Å². The van der Waals surface area contributed by atoms with E-state index in [-0.39, 0.29) is 33.5 Å². The van der Waals surface area contributed by atoms with Gasteiger partial charge in [0.15, 0.2) is 9.84 Å². The highest BCUT2D eigenvalue weighted by Crippen LogP contribution is 2.36. The molecule has 0 saturated heterocycles. The van der Waals surface area contributed by atoms with Crippen LogP contribution in [0.25, 0.3) is 17.3 Å². The van der Waals surface area contributed by atoms with Crippen LogP contribution < -0.4 is 16.2 Å². The Kier molecular flexibility index (Phi) is 5.07. The third-order valence-corrected chi connectivity index (χ3v) is 4.07. The fourth-order valence-corrected chi connectivity index (χ4v) is 2.63. The first kappa shape index (κ1) is 19.4. The molecule has 0 unspecified atom stereocenters. The molecule has 1 aromatic heterocycles. The van der Waals surface area contributed by atoms with Crippen molar-refractivity contribution in [3.05, 3.63) is 29.6 Å². The summed E-state index contributed by atoms with van der Waals surface area (Å²) in [6.45, 7) is 1.53. The van der Waals surface area contributed by atoms with Crippen LogP contribution in [0, 0.1) is 0 Å². The first-order chi connectivity index (χ1) is 11.9. The molecule has 140 valence electrons. The maximum absolute atomic E-state index is 12.8. The van der Waals surface area contributed by atoms with Crippen LogP contribution in [0.5, 0.6) is 5.75 Å². The van der Waals surface area contributed by atoms with E-state index in [1.54, 1.807) is 0 Å². The molecule has 0 spiro atoms. The van der Waals surface area contributed by atoms with E-state index in [0.717, 1.165) is 24.5 Å². The number of ether oxygens (including phenoxy) is 1. The lowest BCUT2D eigenvalue weighted by atomic mass is 10.1. The second-order valence-corrected chi connectivity index (χ2v) is 7.29. The van der Waals surface area contributed by atoms with Crippen molar-refractivity contribution in [2.24, 2.45) is 5.73 Å². The number of nitrogens with two attached hydrogens (primary N) is 2. The van der Waals surface area contributed by atoms with Crippen molar-refractivity contribution in [3.63, 3.8) is 0 Å². The summed E-state index contributed by atoms with van der Waals surface area (Å²) in [6.07, 6.45) is -2.86. The molecule has 0 saturated carbocycles. The molecule has 0 aliphatic heterocycles. The molecular formula is C14H14F3N5O3S. The summed E-state index contributed by atoms with van der Waals surface area (Å²) >= 11 is 0. The lowest BCUT2D eigenvalue weighted by Gasteiger charge is -2.15. The van der Waals surface area contributed by atoms with Crippen molar-refractivity contribution < 1.29 is 26.3 Å². The Labute approximate surface area is 146 Å². The molecule has 0 bridgehead atoms.